The molecule has 2 saturated heterocycles. The first-order chi connectivity index (χ1) is 13.2. The Labute approximate surface area is 162 Å². The highest BCUT2D eigenvalue weighted by molar-refractivity contribution is 5.94. The van der Waals surface area contributed by atoms with Gasteiger partial charge in [0.1, 0.15) is 0 Å². The van der Waals surface area contributed by atoms with Crippen molar-refractivity contribution in [1.29, 1.82) is 0 Å². The highest BCUT2D eigenvalue weighted by Gasteiger charge is 2.23. The summed E-state index contributed by atoms with van der Waals surface area (Å²) in [4.78, 5) is 17.4. The molecule has 2 aliphatic rings. The summed E-state index contributed by atoms with van der Waals surface area (Å²) in [5, 5.41) is 3.41. The van der Waals surface area contributed by atoms with Gasteiger partial charge in [-0.2, -0.15) is 0 Å². The fourth-order valence-electron chi connectivity index (χ4n) is 4.23. The molecule has 0 aliphatic carbocycles. The molecule has 0 spiro atoms. The zero-order chi connectivity index (χ0) is 18.6. The van der Waals surface area contributed by atoms with Crippen molar-refractivity contribution in [3.63, 3.8) is 0 Å². The van der Waals surface area contributed by atoms with Crippen LogP contribution in [0.1, 0.15) is 39.4 Å². The first-order valence-corrected chi connectivity index (χ1v) is 10.1. The van der Waals surface area contributed by atoms with E-state index in [9.17, 15) is 4.79 Å². The zero-order valence-corrected chi connectivity index (χ0v) is 16.2. The summed E-state index contributed by atoms with van der Waals surface area (Å²) in [6, 6.07) is 17.0. The zero-order valence-electron chi connectivity index (χ0n) is 16.2. The van der Waals surface area contributed by atoms with Crippen molar-refractivity contribution in [3.8, 4) is 0 Å². The van der Waals surface area contributed by atoms with Crippen LogP contribution in [0.4, 0.5) is 0 Å². The summed E-state index contributed by atoms with van der Waals surface area (Å²) in [6.07, 6.45) is 1.16. The van der Waals surface area contributed by atoms with Crippen LogP contribution in [0.5, 0.6) is 0 Å². The van der Waals surface area contributed by atoms with Gasteiger partial charge in [0.25, 0.3) is 5.91 Å². The van der Waals surface area contributed by atoms with E-state index in [-0.39, 0.29) is 5.91 Å². The Morgan fingerprint density at radius 2 is 1.89 bits per heavy atom. The summed E-state index contributed by atoms with van der Waals surface area (Å²) >= 11 is 0. The first-order valence-electron chi connectivity index (χ1n) is 10.1. The van der Waals surface area contributed by atoms with Crippen LogP contribution in [-0.2, 0) is 6.54 Å². The van der Waals surface area contributed by atoms with E-state index in [0.717, 1.165) is 57.8 Å². The molecule has 0 bridgehead atoms. The third-order valence-corrected chi connectivity index (χ3v) is 5.81. The van der Waals surface area contributed by atoms with Crippen LogP contribution in [0, 0.1) is 6.92 Å². The highest BCUT2D eigenvalue weighted by Crippen LogP contribution is 2.23. The molecule has 1 atom stereocenters. The van der Waals surface area contributed by atoms with E-state index in [1.165, 1.54) is 16.7 Å². The maximum atomic E-state index is 13.0. The highest BCUT2D eigenvalue weighted by atomic mass is 16.2. The average molecular weight is 364 g/mol. The Morgan fingerprint density at radius 1 is 1.07 bits per heavy atom. The van der Waals surface area contributed by atoms with Gasteiger partial charge in [-0.25, -0.2) is 0 Å². The van der Waals surface area contributed by atoms with Crippen LogP contribution >= 0.6 is 0 Å². The predicted octanol–water partition coefficient (Wildman–Crippen LogP) is 3.03. The van der Waals surface area contributed by atoms with E-state index >= 15 is 0 Å². The van der Waals surface area contributed by atoms with Crippen LogP contribution in [-0.4, -0.2) is 55.0 Å². The molecular formula is C23H29N3O. The van der Waals surface area contributed by atoms with E-state index in [4.69, 9.17) is 0 Å². The van der Waals surface area contributed by atoms with Crippen molar-refractivity contribution in [2.24, 2.45) is 0 Å². The second-order valence-electron chi connectivity index (χ2n) is 7.87. The van der Waals surface area contributed by atoms with Gasteiger partial charge < -0.3 is 10.2 Å². The molecule has 2 aromatic rings. The fraction of sp³-hybridized carbons (Fsp3) is 0.435. The lowest BCUT2D eigenvalue weighted by Gasteiger charge is -2.35. The fourth-order valence-corrected chi connectivity index (χ4v) is 4.23. The summed E-state index contributed by atoms with van der Waals surface area (Å²) in [7, 11) is 0. The minimum atomic E-state index is 0.179. The summed E-state index contributed by atoms with van der Waals surface area (Å²) in [6.45, 7) is 8.68. The Kier molecular flexibility index (Phi) is 5.55. The van der Waals surface area contributed by atoms with Gasteiger partial charge in [0.2, 0.25) is 0 Å². The number of carbonyl (C=O) groups excluding carboxylic acids is 1. The first kappa shape index (κ1) is 18.2. The van der Waals surface area contributed by atoms with E-state index < -0.39 is 0 Å². The van der Waals surface area contributed by atoms with Gasteiger partial charge in [0.15, 0.2) is 0 Å². The van der Waals surface area contributed by atoms with Gasteiger partial charge in [-0.05, 0) is 49.1 Å². The topological polar surface area (TPSA) is 35.6 Å². The molecular weight excluding hydrogens is 334 g/mol. The molecule has 4 heteroatoms. The van der Waals surface area contributed by atoms with E-state index in [1.54, 1.807) is 0 Å². The van der Waals surface area contributed by atoms with Gasteiger partial charge in [0, 0.05) is 44.8 Å². The van der Waals surface area contributed by atoms with Crippen molar-refractivity contribution in [2.75, 3.05) is 39.3 Å². The molecule has 0 radical (unpaired) electrons. The Balaban J connectivity index is 1.35. The maximum Gasteiger partial charge on any atom is 0.253 e. The molecule has 1 amide bonds. The molecule has 2 aromatic carbocycles. The number of nitrogens with zero attached hydrogens (tertiary/aromatic N) is 2. The van der Waals surface area contributed by atoms with Gasteiger partial charge in [-0.1, -0.05) is 42.0 Å². The number of carbonyl (C=O) groups is 1. The minimum absolute atomic E-state index is 0.179. The van der Waals surface area contributed by atoms with E-state index in [1.807, 2.05) is 17.0 Å². The van der Waals surface area contributed by atoms with Crippen LogP contribution in [0.15, 0.2) is 48.5 Å². The van der Waals surface area contributed by atoms with Gasteiger partial charge in [-0.3, -0.25) is 9.69 Å². The number of piperazine rings is 1. The number of hydrogen-bond acceptors (Lipinski definition) is 3. The molecule has 1 N–H and O–H groups in total. The maximum absolute atomic E-state index is 13.0. The van der Waals surface area contributed by atoms with E-state index in [2.05, 4.69) is 53.5 Å². The van der Waals surface area contributed by atoms with Crippen molar-refractivity contribution >= 4 is 5.91 Å². The quantitative estimate of drug-likeness (QED) is 0.907. The minimum Gasteiger partial charge on any atom is -0.336 e. The number of aryl methyl sites for hydroxylation is 1. The Bertz CT molecular complexity index is 790. The monoisotopic (exact) mass is 363 g/mol. The molecule has 0 unspecified atom stereocenters. The van der Waals surface area contributed by atoms with Gasteiger partial charge in [-0.15, -0.1) is 0 Å². The average Bonchev–Trinajstić information content (AvgIpc) is 3.23. The molecule has 4 rings (SSSR count). The third-order valence-electron chi connectivity index (χ3n) is 5.81. The molecule has 142 valence electrons. The summed E-state index contributed by atoms with van der Waals surface area (Å²) in [5.41, 5.74) is 4.79. The van der Waals surface area contributed by atoms with Crippen LogP contribution in [0.3, 0.4) is 0 Å². The molecule has 0 aromatic heterocycles. The Morgan fingerprint density at radius 3 is 2.63 bits per heavy atom. The Hall–Kier alpha value is -2.17. The number of rotatable bonds is 4. The second-order valence-corrected chi connectivity index (χ2v) is 7.87. The summed E-state index contributed by atoms with van der Waals surface area (Å²) < 4.78 is 0. The second kappa shape index (κ2) is 8.24. The number of amides is 1. The number of benzene rings is 2. The van der Waals surface area contributed by atoms with Gasteiger partial charge >= 0.3 is 0 Å². The van der Waals surface area contributed by atoms with E-state index in [0.29, 0.717) is 5.92 Å². The predicted molar refractivity (Wildman–Crippen MR) is 109 cm³/mol. The van der Waals surface area contributed by atoms with Crippen LogP contribution < -0.4 is 5.32 Å². The smallest absolute Gasteiger partial charge is 0.253 e. The van der Waals surface area contributed by atoms with Crippen LogP contribution in [0.25, 0.3) is 0 Å². The molecule has 2 fully saturated rings. The van der Waals surface area contributed by atoms with Crippen molar-refractivity contribution in [2.45, 2.75) is 25.8 Å². The van der Waals surface area contributed by atoms with Crippen LogP contribution in [0.2, 0.25) is 0 Å². The number of hydrogen-bond donors (Lipinski definition) is 1. The lowest BCUT2D eigenvalue weighted by molar-refractivity contribution is 0.0628. The molecule has 2 heterocycles. The lowest BCUT2D eigenvalue weighted by atomic mass is 9.96. The number of nitrogens with one attached hydrogen (secondary N) is 1. The molecule has 0 saturated carbocycles. The third kappa shape index (κ3) is 4.40. The lowest BCUT2D eigenvalue weighted by Crippen LogP contribution is -2.48. The molecule has 4 nitrogen and oxygen atoms in total. The molecule has 2 aliphatic heterocycles. The normalized spacial score (nSPS) is 20.8. The van der Waals surface area contributed by atoms with Gasteiger partial charge in [0.05, 0.1) is 0 Å². The summed E-state index contributed by atoms with van der Waals surface area (Å²) in [5.74, 6) is 0.724. The SMILES string of the molecule is Cc1cccc(CN2CCN(C(=O)c3cccc([C@@H]4CCNC4)c3)CC2)c1. The standard InChI is InChI=1S/C23H29N3O/c1-18-4-2-5-19(14-18)17-25-10-12-26(13-11-25)23(27)21-7-3-6-20(15-21)22-8-9-24-16-22/h2-7,14-15,22,24H,8-13,16-17H2,1H3/t22-/m1/s1. The largest absolute Gasteiger partial charge is 0.336 e. The van der Waals surface area contributed by atoms with Crippen molar-refractivity contribution < 1.29 is 4.79 Å². The van der Waals surface area contributed by atoms with Crippen molar-refractivity contribution in [1.82, 2.24) is 15.1 Å². The molecule has 27 heavy (non-hydrogen) atoms. The van der Waals surface area contributed by atoms with Crippen molar-refractivity contribution in [3.05, 3.63) is 70.8 Å².